The molecule has 1 aliphatic heterocycles. The number of hydrogen-bond acceptors (Lipinski definition) is 7. The topological polar surface area (TPSA) is 79.3 Å². The van der Waals surface area contributed by atoms with Gasteiger partial charge in [0.05, 0.1) is 11.1 Å². The van der Waals surface area contributed by atoms with Gasteiger partial charge in [-0.25, -0.2) is 13.8 Å². The standard InChI is InChI=1S/C20H26F2N8/c1-27(2)6-7-29-8-10-30(11-9-29)20-24-17(14-5-4-13(21)12-15(14)22)16-18(23)28(3)26-19(16)25-20/h4-5,12H,6-11,23H2,1-3H3. The van der Waals surface area contributed by atoms with E-state index >= 15 is 0 Å². The molecule has 10 heteroatoms. The molecule has 3 heterocycles. The summed E-state index contributed by atoms with van der Waals surface area (Å²) in [5.41, 5.74) is 7.06. The zero-order valence-electron chi connectivity index (χ0n) is 17.4. The van der Waals surface area contributed by atoms with Crippen LogP contribution in [0.15, 0.2) is 18.2 Å². The number of likely N-dealkylation sites (N-methyl/N-ethyl adjacent to an activating group) is 1. The molecule has 0 saturated carbocycles. The number of hydrogen-bond donors (Lipinski definition) is 1. The third kappa shape index (κ3) is 3.92. The van der Waals surface area contributed by atoms with Crippen LogP contribution in [0.2, 0.25) is 0 Å². The summed E-state index contributed by atoms with van der Waals surface area (Å²) in [7, 11) is 5.83. The van der Waals surface area contributed by atoms with Crippen molar-refractivity contribution >= 4 is 22.8 Å². The summed E-state index contributed by atoms with van der Waals surface area (Å²) >= 11 is 0. The van der Waals surface area contributed by atoms with Crippen LogP contribution in [-0.4, -0.2) is 82.9 Å². The van der Waals surface area contributed by atoms with E-state index in [4.69, 9.17) is 5.73 Å². The Hall–Kier alpha value is -2.85. The maximum Gasteiger partial charge on any atom is 0.228 e. The van der Waals surface area contributed by atoms with Crippen molar-refractivity contribution in [3.05, 3.63) is 29.8 Å². The molecule has 2 N–H and O–H groups in total. The Kier molecular flexibility index (Phi) is 5.52. The van der Waals surface area contributed by atoms with Crippen LogP contribution in [0.25, 0.3) is 22.3 Å². The summed E-state index contributed by atoms with van der Waals surface area (Å²) in [4.78, 5) is 15.9. The molecule has 0 radical (unpaired) electrons. The van der Waals surface area contributed by atoms with Gasteiger partial charge in [-0.1, -0.05) is 0 Å². The molecule has 4 rings (SSSR count). The monoisotopic (exact) mass is 416 g/mol. The van der Waals surface area contributed by atoms with Crippen LogP contribution >= 0.6 is 0 Å². The molecule has 3 aromatic rings. The quantitative estimate of drug-likeness (QED) is 0.676. The Bertz CT molecular complexity index is 1060. The van der Waals surface area contributed by atoms with Crippen LogP contribution in [0.5, 0.6) is 0 Å². The number of nitrogens with two attached hydrogens (primary N) is 1. The van der Waals surface area contributed by atoms with Crippen molar-refractivity contribution in [3.8, 4) is 11.3 Å². The zero-order valence-corrected chi connectivity index (χ0v) is 17.4. The number of anilines is 2. The normalized spacial score (nSPS) is 15.5. The van der Waals surface area contributed by atoms with Crippen LogP contribution < -0.4 is 10.6 Å². The molecule has 0 spiro atoms. The van der Waals surface area contributed by atoms with E-state index in [2.05, 4.69) is 43.9 Å². The zero-order chi connectivity index (χ0) is 21.4. The average molecular weight is 416 g/mol. The highest BCUT2D eigenvalue weighted by atomic mass is 19.1. The molecule has 1 saturated heterocycles. The molecule has 160 valence electrons. The van der Waals surface area contributed by atoms with Gasteiger partial charge in [-0.15, -0.1) is 0 Å². The molecule has 30 heavy (non-hydrogen) atoms. The number of aryl methyl sites for hydroxylation is 1. The second-order valence-corrected chi connectivity index (χ2v) is 7.84. The third-order valence-electron chi connectivity index (χ3n) is 5.43. The van der Waals surface area contributed by atoms with Crippen molar-refractivity contribution in [2.75, 3.05) is 64.0 Å². The smallest absolute Gasteiger partial charge is 0.228 e. The summed E-state index contributed by atoms with van der Waals surface area (Å²) in [6, 6.07) is 3.43. The first kappa shape index (κ1) is 20.4. The van der Waals surface area contributed by atoms with Gasteiger partial charge in [0.25, 0.3) is 0 Å². The summed E-state index contributed by atoms with van der Waals surface area (Å²) in [6.07, 6.45) is 0. The van der Waals surface area contributed by atoms with Crippen molar-refractivity contribution in [2.45, 2.75) is 0 Å². The molecule has 0 amide bonds. The van der Waals surface area contributed by atoms with Gasteiger partial charge < -0.3 is 15.5 Å². The lowest BCUT2D eigenvalue weighted by Crippen LogP contribution is -2.48. The molecule has 0 aliphatic carbocycles. The maximum absolute atomic E-state index is 14.6. The number of nitrogens with zero attached hydrogens (tertiary/aromatic N) is 7. The van der Waals surface area contributed by atoms with Crippen LogP contribution in [0.1, 0.15) is 0 Å². The van der Waals surface area contributed by atoms with Crippen LogP contribution in [0, 0.1) is 11.6 Å². The fourth-order valence-corrected chi connectivity index (χ4v) is 3.63. The molecule has 2 aromatic heterocycles. The van der Waals surface area contributed by atoms with Crippen molar-refractivity contribution in [1.82, 2.24) is 29.5 Å². The van der Waals surface area contributed by atoms with Gasteiger partial charge >= 0.3 is 0 Å². The van der Waals surface area contributed by atoms with Crippen molar-refractivity contribution < 1.29 is 8.78 Å². The van der Waals surface area contributed by atoms with Crippen LogP contribution in [-0.2, 0) is 7.05 Å². The van der Waals surface area contributed by atoms with Gasteiger partial charge in [-0.2, -0.15) is 10.1 Å². The predicted molar refractivity (Wildman–Crippen MR) is 113 cm³/mol. The number of rotatable bonds is 5. The molecule has 8 nitrogen and oxygen atoms in total. The number of fused-ring (bicyclic) bond motifs is 1. The van der Waals surface area contributed by atoms with Gasteiger partial charge in [0, 0.05) is 57.9 Å². The molecule has 1 aromatic carbocycles. The fourth-order valence-electron chi connectivity index (χ4n) is 3.63. The van der Waals surface area contributed by atoms with E-state index in [9.17, 15) is 8.78 Å². The van der Waals surface area contributed by atoms with Crippen molar-refractivity contribution in [1.29, 1.82) is 0 Å². The van der Waals surface area contributed by atoms with Gasteiger partial charge in [-0.3, -0.25) is 9.58 Å². The highest BCUT2D eigenvalue weighted by Crippen LogP contribution is 2.33. The van der Waals surface area contributed by atoms with E-state index in [1.807, 2.05) is 0 Å². The molecule has 1 aliphatic rings. The van der Waals surface area contributed by atoms with Crippen LogP contribution in [0.3, 0.4) is 0 Å². The van der Waals surface area contributed by atoms with E-state index in [0.29, 0.717) is 28.5 Å². The van der Waals surface area contributed by atoms with E-state index in [0.717, 1.165) is 45.3 Å². The first-order valence-corrected chi connectivity index (χ1v) is 9.91. The Morgan fingerprint density at radius 1 is 1.10 bits per heavy atom. The summed E-state index contributed by atoms with van der Waals surface area (Å²) in [5.74, 6) is -0.525. The second kappa shape index (κ2) is 8.11. The van der Waals surface area contributed by atoms with Crippen LogP contribution in [0.4, 0.5) is 20.5 Å². The predicted octanol–water partition coefficient (Wildman–Crippen LogP) is 1.57. The van der Waals surface area contributed by atoms with Crippen molar-refractivity contribution in [3.63, 3.8) is 0 Å². The summed E-state index contributed by atoms with van der Waals surface area (Å²) < 4.78 is 29.5. The number of halogens is 2. The fraction of sp³-hybridized carbons (Fsp3) is 0.450. The molecular weight excluding hydrogens is 390 g/mol. The summed E-state index contributed by atoms with van der Waals surface area (Å²) in [5, 5.41) is 4.84. The Balaban J connectivity index is 1.69. The lowest BCUT2D eigenvalue weighted by molar-refractivity contribution is 0.229. The minimum atomic E-state index is -0.697. The Labute approximate surface area is 173 Å². The molecule has 0 bridgehead atoms. The highest BCUT2D eigenvalue weighted by Gasteiger charge is 2.24. The van der Waals surface area contributed by atoms with E-state index < -0.39 is 11.6 Å². The Morgan fingerprint density at radius 2 is 1.83 bits per heavy atom. The first-order valence-electron chi connectivity index (χ1n) is 9.91. The average Bonchev–Trinajstić information content (AvgIpc) is 3.00. The molecule has 1 fully saturated rings. The SMILES string of the molecule is CN(C)CCN1CCN(c2nc(-c3ccc(F)cc3F)c3c(N)n(C)nc3n2)CC1. The van der Waals surface area contributed by atoms with E-state index in [1.54, 1.807) is 7.05 Å². The highest BCUT2D eigenvalue weighted by molar-refractivity contribution is 5.99. The van der Waals surface area contributed by atoms with Gasteiger partial charge in [0.2, 0.25) is 5.95 Å². The van der Waals surface area contributed by atoms with Gasteiger partial charge in [0.15, 0.2) is 5.65 Å². The molecule has 0 unspecified atom stereocenters. The summed E-state index contributed by atoms with van der Waals surface area (Å²) in [6.45, 7) is 5.30. The van der Waals surface area contributed by atoms with Gasteiger partial charge in [-0.05, 0) is 26.2 Å². The van der Waals surface area contributed by atoms with Gasteiger partial charge in [0.1, 0.15) is 17.5 Å². The lowest BCUT2D eigenvalue weighted by Gasteiger charge is -2.35. The Morgan fingerprint density at radius 3 is 2.50 bits per heavy atom. The maximum atomic E-state index is 14.6. The minimum Gasteiger partial charge on any atom is -0.383 e. The first-order chi connectivity index (χ1) is 14.3. The largest absolute Gasteiger partial charge is 0.383 e. The third-order valence-corrected chi connectivity index (χ3v) is 5.43. The number of piperazine rings is 1. The number of benzene rings is 1. The molecule has 0 atom stereocenters. The number of nitrogen functional groups attached to an aromatic ring is 1. The minimum absolute atomic E-state index is 0.175. The van der Waals surface area contributed by atoms with Crippen molar-refractivity contribution in [2.24, 2.45) is 7.05 Å². The number of aromatic nitrogens is 4. The van der Waals surface area contributed by atoms with E-state index in [1.165, 1.54) is 16.8 Å². The van der Waals surface area contributed by atoms with E-state index in [-0.39, 0.29) is 5.56 Å². The molecular formula is C20H26F2N8. The second-order valence-electron chi connectivity index (χ2n) is 7.84. The lowest BCUT2D eigenvalue weighted by atomic mass is 10.1.